The maximum atomic E-state index is 14.7. The quantitative estimate of drug-likeness (QED) is 0.297. The second kappa shape index (κ2) is 13.4. The van der Waals surface area contributed by atoms with Gasteiger partial charge in [0, 0.05) is 36.1 Å². The smallest absolute Gasteiger partial charge is 0.264 e. The van der Waals surface area contributed by atoms with Crippen molar-refractivity contribution in [3.8, 4) is 17.0 Å². The predicted molar refractivity (Wildman–Crippen MR) is 190 cm³/mol. The van der Waals surface area contributed by atoms with Crippen LogP contribution in [0.3, 0.4) is 0 Å². The first-order chi connectivity index (χ1) is 23.5. The first-order valence-electron chi connectivity index (χ1n) is 18.0. The molecule has 2 amide bonds. The molecule has 2 saturated heterocycles. The van der Waals surface area contributed by atoms with Crippen LogP contribution in [-0.2, 0) is 26.1 Å². The number of methoxy groups -OCH3 is 1. The van der Waals surface area contributed by atoms with E-state index >= 15 is 0 Å². The molecule has 0 radical (unpaired) electrons. The van der Waals surface area contributed by atoms with Gasteiger partial charge in [0.05, 0.1) is 48.8 Å². The molecule has 3 unspecified atom stereocenters. The summed E-state index contributed by atoms with van der Waals surface area (Å²) in [5, 5.41) is 0.371. The first-order valence-corrected chi connectivity index (χ1v) is 19.6. The van der Waals surface area contributed by atoms with Crippen LogP contribution in [0.15, 0.2) is 42.5 Å². The van der Waals surface area contributed by atoms with Gasteiger partial charge in [-0.15, -0.1) is 0 Å². The highest BCUT2D eigenvalue weighted by Crippen LogP contribution is 2.53. The number of nitrogens with one attached hydrogen (secondary N) is 1. The minimum Gasteiger partial charge on any atom is -0.497 e. The van der Waals surface area contributed by atoms with Gasteiger partial charge in [0.15, 0.2) is 0 Å². The van der Waals surface area contributed by atoms with Gasteiger partial charge in [-0.25, -0.2) is 13.1 Å². The molecular formula is C38H50N4O6S. The number of nitrogens with zero attached hydrogens (tertiary/aromatic N) is 3. The van der Waals surface area contributed by atoms with Gasteiger partial charge in [-0.2, -0.15) is 0 Å². The largest absolute Gasteiger partial charge is 0.497 e. The lowest BCUT2D eigenvalue weighted by Gasteiger charge is -2.50. The van der Waals surface area contributed by atoms with E-state index in [9.17, 15) is 18.0 Å². The van der Waals surface area contributed by atoms with Crippen molar-refractivity contribution in [1.82, 2.24) is 19.1 Å². The molecule has 3 atom stereocenters. The second-order valence-electron chi connectivity index (χ2n) is 14.9. The Hall–Kier alpha value is -3.41. The molecule has 7 rings (SSSR count). The molecule has 3 heterocycles. The third kappa shape index (κ3) is 6.38. The number of hydrogen-bond donors (Lipinski definition) is 1. The van der Waals surface area contributed by atoms with Crippen LogP contribution in [0.2, 0.25) is 0 Å². The predicted octanol–water partition coefficient (Wildman–Crippen LogP) is 5.54. The molecule has 49 heavy (non-hydrogen) atoms. The van der Waals surface area contributed by atoms with Gasteiger partial charge in [0.2, 0.25) is 15.9 Å². The minimum atomic E-state index is -3.83. The van der Waals surface area contributed by atoms with E-state index in [1.807, 2.05) is 24.3 Å². The number of carbonyl (C=O) groups excluding carboxylic acids is 2. The van der Waals surface area contributed by atoms with Gasteiger partial charge in [-0.3, -0.25) is 9.59 Å². The van der Waals surface area contributed by atoms with Crippen LogP contribution in [-0.4, -0.2) is 92.4 Å². The molecule has 264 valence electrons. The summed E-state index contributed by atoms with van der Waals surface area (Å²) in [5.74, 6) is 0.668. The van der Waals surface area contributed by atoms with Crippen LogP contribution in [0.4, 0.5) is 0 Å². The van der Waals surface area contributed by atoms with Crippen LogP contribution in [0, 0.1) is 5.41 Å². The lowest BCUT2D eigenvalue weighted by atomic mass is 9.81. The summed E-state index contributed by atoms with van der Waals surface area (Å²) in [5.41, 5.74) is 3.97. The lowest BCUT2D eigenvalue weighted by Crippen LogP contribution is -2.66. The van der Waals surface area contributed by atoms with Crippen LogP contribution < -0.4 is 9.46 Å². The molecular weight excluding hydrogens is 641 g/mol. The maximum absolute atomic E-state index is 14.7. The number of sulfonamides is 1. The van der Waals surface area contributed by atoms with Gasteiger partial charge in [0.25, 0.3) is 5.91 Å². The minimum absolute atomic E-state index is 0.0329. The number of morpholine rings is 1. The molecule has 2 aromatic carbocycles. The zero-order chi connectivity index (χ0) is 34.5. The fourth-order valence-corrected chi connectivity index (χ4v) is 9.44. The molecule has 1 aromatic heterocycles. The zero-order valence-corrected chi connectivity index (χ0v) is 30.1. The third-order valence-electron chi connectivity index (χ3n) is 11.5. The van der Waals surface area contributed by atoms with Crippen molar-refractivity contribution >= 4 is 32.7 Å². The molecule has 4 fully saturated rings. The molecule has 2 saturated carbocycles. The second-order valence-corrected chi connectivity index (χ2v) is 17.0. The average Bonchev–Trinajstić information content (AvgIpc) is 3.82. The van der Waals surface area contributed by atoms with Crippen LogP contribution in [0.5, 0.6) is 5.75 Å². The highest BCUT2D eigenvalue weighted by Gasteiger charge is 2.56. The number of piperazine rings is 1. The van der Waals surface area contributed by atoms with E-state index in [1.54, 1.807) is 27.0 Å². The van der Waals surface area contributed by atoms with Gasteiger partial charge in [-0.05, 0) is 99.5 Å². The number of rotatable bonds is 10. The number of fused-ring (bicyclic) bond motifs is 3. The Morgan fingerprint density at radius 2 is 1.69 bits per heavy atom. The monoisotopic (exact) mass is 690 g/mol. The SMILES string of the molecule is CCC(C)S(=O)(=O)NC(=O)c1ccc2c(C3CCCCC3)c(-c3ccc(OC)cc3)n(CC3(C(=O)N4C5COCC4CN(C)C5)CC3)c2c1. The highest BCUT2D eigenvalue weighted by molar-refractivity contribution is 7.90. The molecule has 0 spiro atoms. The van der Waals surface area contributed by atoms with Crippen LogP contribution in [0.1, 0.15) is 87.1 Å². The lowest BCUT2D eigenvalue weighted by molar-refractivity contribution is -0.160. The molecule has 2 aliphatic heterocycles. The summed E-state index contributed by atoms with van der Waals surface area (Å²) >= 11 is 0. The Morgan fingerprint density at radius 3 is 2.31 bits per heavy atom. The van der Waals surface area contributed by atoms with Gasteiger partial charge >= 0.3 is 0 Å². The number of benzene rings is 2. The Labute approximate surface area is 290 Å². The summed E-state index contributed by atoms with van der Waals surface area (Å²) < 4.78 is 41.8. The standard InChI is InChI=1S/C38H50N4O6S/c1-5-25(2)49(45,46)39-36(43)28-13-16-32-33(19-28)41(24-38(17-18-38)37(44)42-29-20-40(3)21-30(42)23-48-22-29)35(27-11-14-31(47-4)15-12-27)34(32)26-9-7-6-8-10-26/h11-16,19,25-26,29-30H,5-10,17-18,20-24H2,1-4H3,(H,39,43). The van der Waals surface area contributed by atoms with E-state index < -0.39 is 26.6 Å². The van der Waals surface area contributed by atoms with E-state index in [0.717, 1.165) is 79.5 Å². The third-order valence-corrected chi connectivity index (χ3v) is 13.4. The summed E-state index contributed by atoms with van der Waals surface area (Å²) in [6, 6.07) is 13.8. The van der Waals surface area contributed by atoms with Crippen molar-refractivity contribution in [2.45, 2.75) is 95.0 Å². The van der Waals surface area contributed by atoms with Crippen molar-refractivity contribution < 1.29 is 27.5 Å². The normalized spacial score (nSPS) is 23.3. The molecule has 2 aliphatic carbocycles. The molecule has 10 nitrogen and oxygen atoms in total. The van der Waals surface area contributed by atoms with E-state index in [4.69, 9.17) is 9.47 Å². The van der Waals surface area contributed by atoms with Crippen LogP contribution in [0.25, 0.3) is 22.2 Å². The Balaban J connectivity index is 1.37. The molecule has 1 N–H and O–H groups in total. The Morgan fingerprint density at radius 1 is 1.02 bits per heavy atom. The number of ether oxygens (including phenoxy) is 2. The fourth-order valence-electron chi connectivity index (χ4n) is 8.43. The molecule has 11 heteroatoms. The molecule has 4 aliphatic rings. The topological polar surface area (TPSA) is 110 Å². The Bertz CT molecular complexity index is 1810. The fraction of sp³-hybridized carbons (Fsp3) is 0.579. The number of aromatic nitrogens is 1. The van der Waals surface area contributed by atoms with E-state index in [-0.39, 0.29) is 23.6 Å². The van der Waals surface area contributed by atoms with E-state index in [1.165, 1.54) is 12.0 Å². The zero-order valence-electron chi connectivity index (χ0n) is 29.2. The number of likely N-dealkylation sites (N-methyl/N-ethyl adjacent to an activating group) is 1. The first kappa shape index (κ1) is 34.1. The summed E-state index contributed by atoms with van der Waals surface area (Å²) in [6.45, 7) is 6.58. The van der Waals surface area contributed by atoms with Crippen LogP contribution >= 0.6 is 0 Å². The van der Waals surface area contributed by atoms with Gasteiger partial charge in [-0.1, -0.05) is 32.3 Å². The van der Waals surface area contributed by atoms with Crippen molar-refractivity contribution in [2.75, 3.05) is 40.5 Å². The Kier molecular flexibility index (Phi) is 9.30. The molecule has 3 aromatic rings. The van der Waals surface area contributed by atoms with Crippen molar-refractivity contribution in [3.63, 3.8) is 0 Å². The number of carbonyl (C=O) groups is 2. The summed E-state index contributed by atoms with van der Waals surface area (Å²) in [6.07, 6.45) is 7.68. The van der Waals surface area contributed by atoms with E-state index in [0.29, 0.717) is 32.1 Å². The summed E-state index contributed by atoms with van der Waals surface area (Å²) in [4.78, 5) is 32.7. The van der Waals surface area contributed by atoms with E-state index in [2.05, 4.69) is 38.3 Å². The average molecular weight is 691 g/mol. The number of amides is 2. The van der Waals surface area contributed by atoms with Gasteiger partial charge in [0.1, 0.15) is 5.75 Å². The van der Waals surface area contributed by atoms with Crippen molar-refractivity contribution in [1.29, 1.82) is 0 Å². The van der Waals surface area contributed by atoms with Crippen molar-refractivity contribution in [2.24, 2.45) is 5.41 Å². The van der Waals surface area contributed by atoms with Crippen molar-refractivity contribution in [3.05, 3.63) is 53.6 Å². The maximum Gasteiger partial charge on any atom is 0.264 e. The van der Waals surface area contributed by atoms with Gasteiger partial charge < -0.3 is 23.8 Å². The molecule has 2 bridgehead atoms. The number of hydrogen-bond acceptors (Lipinski definition) is 7. The summed E-state index contributed by atoms with van der Waals surface area (Å²) in [7, 11) is -0.0525. The highest BCUT2D eigenvalue weighted by atomic mass is 32.2.